The van der Waals surface area contributed by atoms with Gasteiger partial charge in [0.25, 0.3) is 0 Å². The van der Waals surface area contributed by atoms with Crippen molar-refractivity contribution in [2.75, 3.05) is 13.1 Å². The van der Waals surface area contributed by atoms with Crippen LogP contribution in [-0.4, -0.2) is 48.2 Å². The van der Waals surface area contributed by atoms with Crippen molar-refractivity contribution in [1.29, 1.82) is 0 Å². The average molecular weight is 344 g/mol. The molecule has 0 bridgehead atoms. The van der Waals surface area contributed by atoms with Crippen molar-refractivity contribution in [3.8, 4) is 0 Å². The zero-order chi connectivity index (χ0) is 18.0. The van der Waals surface area contributed by atoms with E-state index in [9.17, 15) is 4.79 Å². The number of hydrogen-bond acceptors (Lipinski definition) is 4. The van der Waals surface area contributed by atoms with Gasteiger partial charge in [-0.1, -0.05) is 27.7 Å². The fraction of sp³-hybridized carbons (Fsp3) is 0.667. The number of nitrogens with zero attached hydrogens (tertiary/aromatic N) is 6. The highest BCUT2D eigenvalue weighted by atomic mass is 16.2. The van der Waals surface area contributed by atoms with E-state index < -0.39 is 0 Å². The molecule has 0 N–H and O–H groups in total. The van der Waals surface area contributed by atoms with Gasteiger partial charge in [-0.2, -0.15) is 5.10 Å². The lowest BCUT2D eigenvalue weighted by atomic mass is 9.99. The summed E-state index contributed by atoms with van der Waals surface area (Å²) in [4.78, 5) is 23.7. The molecule has 0 aromatic carbocycles. The number of hydrogen-bond donors (Lipinski definition) is 0. The Morgan fingerprint density at radius 2 is 2.08 bits per heavy atom. The second-order valence-electron chi connectivity index (χ2n) is 7.49. The topological polar surface area (TPSA) is 68.8 Å². The van der Waals surface area contributed by atoms with Crippen molar-refractivity contribution in [3.05, 3.63) is 30.9 Å². The van der Waals surface area contributed by atoms with Gasteiger partial charge in [0, 0.05) is 31.4 Å². The molecule has 0 unspecified atom stereocenters. The average Bonchev–Trinajstić information content (AvgIpc) is 3.26. The summed E-state index contributed by atoms with van der Waals surface area (Å²) in [5.74, 6) is 1.76. The van der Waals surface area contributed by atoms with Crippen LogP contribution in [0.15, 0.2) is 25.0 Å². The summed E-state index contributed by atoms with van der Waals surface area (Å²) in [5.41, 5.74) is 0. The SMILES string of the molecule is CC(C)c1nccn1[C@@H]1CCCN(C(=O)[C@H](C(C)C)n2cncn2)C1. The van der Waals surface area contributed by atoms with Crippen LogP contribution in [0.25, 0.3) is 0 Å². The van der Waals surface area contributed by atoms with Crippen LogP contribution in [0.4, 0.5) is 0 Å². The van der Waals surface area contributed by atoms with Gasteiger partial charge >= 0.3 is 0 Å². The number of carbonyl (C=O) groups excluding carboxylic acids is 1. The molecule has 3 heterocycles. The Labute approximate surface area is 149 Å². The zero-order valence-corrected chi connectivity index (χ0v) is 15.5. The number of amides is 1. The molecule has 0 spiro atoms. The molecular weight excluding hydrogens is 316 g/mol. The third-order valence-corrected chi connectivity index (χ3v) is 4.92. The summed E-state index contributed by atoms with van der Waals surface area (Å²) in [6, 6.07) is -0.00485. The first-order chi connectivity index (χ1) is 12.0. The molecule has 7 heteroatoms. The Morgan fingerprint density at radius 1 is 1.28 bits per heavy atom. The molecule has 2 atom stereocenters. The fourth-order valence-corrected chi connectivity index (χ4v) is 3.71. The number of imidazole rings is 1. The van der Waals surface area contributed by atoms with E-state index in [1.807, 2.05) is 17.3 Å². The Morgan fingerprint density at radius 3 is 2.72 bits per heavy atom. The van der Waals surface area contributed by atoms with Crippen molar-refractivity contribution < 1.29 is 4.79 Å². The normalized spacial score (nSPS) is 19.6. The third-order valence-electron chi connectivity index (χ3n) is 4.92. The molecule has 2 aromatic heterocycles. The maximum atomic E-state index is 13.2. The van der Waals surface area contributed by atoms with Crippen molar-refractivity contribution in [2.45, 2.75) is 58.5 Å². The summed E-state index contributed by atoms with van der Waals surface area (Å²) in [6.07, 6.45) is 9.12. The van der Waals surface area contributed by atoms with Gasteiger partial charge < -0.3 is 9.47 Å². The van der Waals surface area contributed by atoms with Crippen LogP contribution >= 0.6 is 0 Å². The molecule has 7 nitrogen and oxygen atoms in total. The molecule has 2 aromatic rings. The molecule has 136 valence electrons. The monoisotopic (exact) mass is 344 g/mol. The third kappa shape index (κ3) is 3.60. The van der Waals surface area contributed by atoms with Gasteiger partial charge in [0.2, 0.25) is 5.91 Å². The molecule has 1 amide bonds. The highest BCUT2D eigenvalue weighted by Crippen LogP contribution is 2.28. The van der Waals surface area contributed by atoms with Gasteiger partial charge in [0.05, 0.1) is 6.04 Å². The van der Waals surface area contributed by atoms with Crippen molar-refractivity contribution >= 4 is 5.91 Å². The number of aromatic nitrogens is 5. The second kappa shape index (κ2) is 7.37. The highest BCUT2D eigenvalue weighted by molar-refractivity contribution is 5.80. The lowest BCUT2D eigenvalue weighted by molar-refractivity contribution is -0.138. The van der Waals surface area contributed by atoms with Gasteiger partial charge in [-0.3, -0.25) is 4.79 Å². The number of carbonyl (C=O) groups is 1. The molecule has 0 aliphatic carbocycles. The standard InChI is InChI=1S/C18H28N6O/c1-13(2)16(24-12-19-11-21-24)18(25)22-8-5-6-15(10-22)23-9-7-20-17(23)14(3)4/h7,9,11-16H,5-6,8,10H2,1-4H3/t15-,16+/m1/s1. The Hall–Kier alpha value is -2.18. The summed E-state index contributed by atoms with van der Waals surface area (Å²) in [6.45, 7) is 9.96. The van der Waals surface area contributed by atoms with E-state index in [0.717, 1.165) is 31.8 Å². The van der Waals surface area contributed by atoms with Crippen LogP contribution in [0.2, 0.25) is 0 Å². The zero-order valence-electron chi connectivity index (χ0n) is 15.5. The molecule has 0 saturated carbocycles. The van der Waals surface area contributed by atoms with Crippen LogP contribution in [0.3, 0.4) is 0 Å². The molecule has 0 radical (unpaired) electrons. The molecule has 1 saturated heterocycles. The predicted molar refractivity (Wildman–Crippen MR) is 95.1 cm³/mol. The van der Waals surface area contributed by atoms with Crippen LogP contribution in [0.5, 0.6) is 0 Å². The minimum Gasteiger partial charge on any atom is -0.339 e. The molecule has 3 rings (SSSR count). The first-order valence-electron chi connectivity index (χ1n) is 9.14. The number of piperidine rings is 1. The molecule has 25 heavy (non-hydrogen) atoms. The predicted octanol–water partition coefficient (Wildman–Crippen LogP) is 2.66. The van der Waals surface area contributed by atoms with Crippen LogP contribution in [0.1, 0.15) is 64.4 Å². The lowest BCUT2D eigenvalue weighted by Crippen LogP contribution is -2.45. The van der Waals surface area contributed by atoms with E-state index in [1.54, 1.807) is 11.0 Å². The van der Waals surface area contributed by atoms with E-state index in [2.05, 4.69) is 47.3 Å². The van der Waals surface area contributed by atoms with Gasteiger partial charge in [-0.25, -0.2) is 14.6 Å². The Balaban J connectivity index is 1.78. The molecule has 1 fully saturated rings. The van der Waals surface area contributed by atoms with Gasteiger partial charge in [0.15, 0.2) is 0 Å². The lowest BCUT2D eigenvalue weighted by Gasteiger charge is -2.37. The van der Waals surface area contributed by atoms with Gasteiger partial charge in [-0.15, -0.1) is 0 Å². The van der Waals surface area contributed by atoms with Crippen LogP contribution < -0.4 is 0 Å². The van der Waals surface area contributed by atoms with E-state index in [0.29, 0.717) is 12.0 Å². The van der Waals surface area contributed by atoms with Crippen LogP contribution in [0, 0.1) is 5.92 Å². The summed E-state index contributed by atoms with van der Waals surface area (Å²) in [5, 5.41) is 4.20. The van der Waals surface area contributed by atoms with E-state index in [4.69, 9.17) is 0 Å². The Kier molecular flexibility index (Phi) is 5.20. The van der Waals surface area contributed by atoms with Crippen LogP contribution in [-0.2, 0) is 4.79 Å². The minimum absolute atomic E-state index is 0.136. The summed E-state index contributed by atoms with van der Waals surface area (Å²) >= 11 is 0. The quantitative estimate of drug-likeness (QED) is 0.836. The molecule has 1 aliphatic heterocycles. The highest BCUT2D eigenvalue weighted by Gasteiger charge is 2.33. The summed E-state index contributed by atoms with van der Waals surface area (Å²) in [7, 11) is 0. The van der Waals surface area contributed by atoms with Gasteiger partial charge in [0.1, 0.15) is 24.5 Å². The first kappa shape index (κ1) is 17.6. The molecular formula is C18H28N6O. The maximum Gasteiger partial charge on any atom is 0.247 e. The number of likely N-dealkylation sites (tertiary alicyclic amines) is 1. The smallest absolute Gasteiger partial charge is 0.247 e. The number of rotatable bonds is 5. The van der Waals surface area contributed by atoms with Crippen molar-refractivity contribution in [3.63, 3.8) is 0 Å². The fourth-order valence-electron chi connectivity index (χ4n) is 3.71. The maximum absolute atomic E-state index is 13.2. The first-order valence-corrected chi connectivity index (χ1v) is 9.14. The van der Waals surface area contributed by atoms with E-state index >= 15 is 0 Å². The van der Waals surface area contributed by atoms with Crippen molar-refractivity contribution in [1.82, 2.24) is 29.2 Å². The second-order valence-corrected chi connectivity index (χ2v) is 7.49. The Bertz CT molecular complexity index is 690. The van der Waals surface area contributed by atoms with Gasteiger partial charge in [-0.05, 0) is 18.8 Å². The van der Waals surface area contributed by atoms with E-state index in [-0.39, 0.29) is 17.9 Å². The minimum atomic E-state index is -0.298. The van der Waals surface area contributed by atoms with E-state index in [1.165, 1.54) is 6.33 Å². The summed E-state index contributed by atoms with van der Waals surface area (Å²) < 4.78 is 3.94. The largest absolute Gasteiger partial charge is 0.339 e. The molecule has 1 aliphatic rings. The van der Waals surface area contributed by atoms with Crippen molar-refractivity contribution in [2.24, 2.45) is 5.92 Å².